The zero-order valence-corrected chi connectivity index (χ0v) is 13.8. The molecule has 0 aliphatic rings. The number of hydrogen-bond acceptors (Lipinski definition) is 6. The van der Waals surface area contributed by atoms with Gasteiger partial charge in [-0.25, -0.2) is 14.6 Å². The van der Waals surface area contributed by atoms with Gasteiger partial charge in [-0.3, -0.25) is 0 Å². The molecule has 2 rings (SSSR count). The molecule has 7 nitrogen and oxygen atoms in total. The summed E-state index contributed by atoms with van der Waals surface area (Å²) in [7, 11) is 1.19. The van der Waals surface area contributed by atoms with Gasteiger partial charge in [-0.05, 0) is 12.5 Å². The number of ether oxygens (including phenoxy) is 3. The molecule has 0 saturated heterocycles. The third kappa shape index (κ3) is 4.13. The quantitative estimate of drug-likeness (QED) is 0.597. The molecule has 1 unspecified atom stereocenters. The van der Waals surface area contributed by atoms with Crippen molar-refractivity contribution in [2.45, 2.75) is 32.6 Å². The van der Waals surface area contributed by atoms with Crippen molar-refractivity contribution in [3.63, 3.8) is 0 Å². The fourth-order valence-corrected chi connectivity index (χ4v) is 2.19. The summed E-state index contributed by atoms with van der Waals surface area (Å²) in [6.45, 7) is 3.68. The van der Waals surface area contributed by atoms with Crippen molar-refractivity contribution in [1.29, 1.82) is 0 Å². The summed E-state index contributed by atoms with van der Waals surface area (Å²) < 4.78 is 16.2. The van der Waals surface area contributed by atoms with Crippen LogP contribution in [0.4, 0.5) is 4.79 Å². The highest BCUT2D eigenvalue weighted by molar-refractivity contribution is 5.87. The highest BCUT2D eigenvalue weighted by Crippen LogP contribution is 2.20. The maximum Gasteiger partial charge on any atom is 0.511 e. The predicted molar refractivity (Wildman–Crippen MR) is 85.5 cm³/mol. The normalized spacial score (nSPS) is 13.0. The molecular weight excluding hydrogens is 312 g/mol. The number of carbonyl (C=O) groups excluding carboxylic acids is 2. The van der Waals surface area contributed by atoms with Crippen LogP contribution in [0.15, 0.2) is 42.9 Å². The number of methoxy groups -OCH3 is 1. The molecule has 0 spiro atoms. The van der Waals surface area contributed by atoms with Gasteiger partial charge >= 0.3 is 12.1 Å². The summed E-state index contributed by atoms with van der Waals surface area (Å²) in [5.41, 5.74) is 1.31. The Labute approximate surface area is 140 Å². The summed E-state index contributed by atoms with van der Waals surface area (Å²) in [5, 5.41) is 0. The summed E-state index contributed by atoms with van der Waals surface area (Å²) in [6, 6.07) is 9.62. The maximum atomic E-state index is 12.4. The van der Waals surface area contributed by atoms with Gasteiger partial charge in [-0.15, -0.1) is 0 Å². The molecule has 0 fully saturated rings. The van der Waals surface area contributed by atoms with Crippen LogP contribution in [0, 0.1) is 0 Å². The van der Waals surface area contributed by atoms with Gasteiger partial charge in [0.15, 0.2) is 0 Å². The Morgan fingerprint density at radius 2 is 1.92 bits per heavy atom. The predicted octanol–water partition coefficient (Wildman–Crippen LogP) is 3.17. The SMILES string of the molecule is CCC(OC(=O)OC)OC(=O)c1cncn1[C@H](C)c1ccccc1. The average molecular weight is 332 g/mol. The van der Waals surface area contributed by atoms with E-state index in [4.69, 9.17) is 9.47 Å². The summed E-state index contributed by atoms with van der Waals surface area (Å²) in [4.78, 5) is 27.6. The van der Waals surface area contributed by atoms with Crippen LogP contribution < -0.4 is 0 Å². The van der Waals surface area contributed by atoms with E-state index < -0.39 is 18.4 Å². The van der Waals surface area contributed by atoms with E-state index >= 15 is 0 Å². The van der Waals surface area contributed by atoms with Crippen LogP contribution in [0.3, 0.4) is 0 Å². The molecule has 0 bridgehead atoms. The molecule has 7 heteroatoms. The molecule has 0 aliphatic carbocycles. The topological polar surface area (TPSA) is 79.7 Å². The fourth-order valence-electron chi connectivity index (χ4n) is 2.19. The van der Waals surface area contributed by atoms with Gasteiger partial charge in [0, 0.05) is 6.42 Å². The summed E-state index contributed by atoms with van der Waals surface area (Å²) >= 11 is 0. The van der Waals surface area contributed by atoms with Crippen molar-refractivity contribution in [3.05, 3.63) is 54.1 Å². The van der Waals surface area contributed by atoms with Gasteiger partial charge in [-0.2, -0.15) is 0 Å². The second-order valence-corrected chi connectivity index (χ2v) is 5.09. The van der Waals surface area contributed by atoms with Gasteiger partial charge in [0.05, 0.1) is 25.7 Å². The van der Waals surface area contributed by atoms with Gasteiger partial charge in [0.25, 0.3) is 6.29 Å². The zero-order valence-electron chi connectivity index (χ0n) is 13.8. The van der Waals surface area contributed by atoms with E-state index in [0.29, 0.717) is 6.42 Å². The second-order valence-electron chi connectivity index (χ2n) is 5.09. The number of rotatable bonds is 6. The van der Waals surface area contributed by atoms with E-state index in [1.807, 2.05) is 37.3 Å². The van der Waals surface area contributed by atoms with Crippen molar-refractivity contribution in [1.82, 2.24) is 9.55 Å². The fraction of sp³-hybridized carbons (Fsp3) is 0.353. The Bertz CT molecular complexity index is 683. The largest absolute Gasteiger partial charge is 0.511 e. The molecule has 128 valence electrons. The summed E-state index contributed by atoms with van der Waals surface area (Å²) in [5.74, 6) is -0.619. The van der Waals surface area contributed by atoms with Crippen molar-refractivity contribution < 1.29 is 23.8 Å². The standard InChI is InChI=1S/C17H20N2O5/c1-4-15(24-17(21)22-3)23-16(20)14-10-18-11-19(14)12(2)13-8-6-5-7-9-13/h5-12,15H,4H2,1-3H3/t12-,15?/m1/s1. The van der Waals surface area contributed by atoms with Gasteiger partial charge in [-0.1, -0.05) is 37.3 Å². The molecule has 1 aromatic heterocycles. The third-order valence-electron chi connectivity index (χ3n) is 3.54. The van der Waals surface area contributed by atoms with Gasteiger partial charge in [0.1, 0.15) is 5.69 Å². The Kier molecular flexibility index (Phi) is 5.95. The Hall–Kier alpha value is -2.83. The van der Waals surface area contributed by atoms with Gasteiger partial charge in [0.2, 0.25) is 0 Å². The molecule has 0 N–H and O–H groups in total. The minimum atomic E-state index is -1.01. The lowest BCUT2D eigenvalue weighted by Crippen LogP contribution is -2.25. The molecule has 0 amide bonds. The monoisotopic (exact) mass is 332 g/mol. The molecular formula is C17H20N2O5. The van der Waals surface area contributed by atoms with Crippen molar-refractivity contribution in [3.8, 4) is 0 Å². The lowest BCUT2D eigenvalue weighted by Gasteiger charge is -2.19. The lowest BCUT2D eigenvalue weighted by molar-refractivity contribution is -0.0903. The van der Waals surface area contributed by atoms with E-state index in [9.17, 15) is 9.59 Å². The minimum Gasteiger partial charge on any atom is -0.438 e. The first-order chi connectivity index (χ1) is 11.6. The average Bonchev–Trinajstić information content (AvgIpc) is 3.10. The van der Waals surface area contributed by atoms with Crippen LogP contribution >= 0.6 is 0 Å². The van der Waals surface area contributed by atoms with Crippen LogP contribution in [0.25, 0.3) is 0 Å². The highest BCUT2D eigenvalue weighted by atomic mass is 16.8. The smallest absolute Gasteiger partial charge is 0.438 e. The molecule has 2 aromatic rings. The first kappa shape index (κ1) is 17.5. The molecule has 0 aliphatic heterocycles. The molecule has 0 saturated carbocycles. The Balaban J connectivity index is 2.14. The highest BCUT2D eigenvalue weighted by Gasteiger charge is 2.23. The number of hydrogen-bond donors (Lipinski definition) is 0. The zero-order chi connectivity index (χ0) is 17.5. The minimum absolute atomic E-state index is 0.0992. The van der Waals surface area contributed by atoms with Crippen molar-refractivity contribution in [2.75, 3.05) is 7.11 Å². The first-order valence-corrected chi connectivity index (χ1v) is 7.59. The van der Waals surface area contributed by atoms with Crippen LogP contribution in [-0.4, -0.2) is 35.1 Å². The number of carbonyl (C=O) groups is 2. The maximum absolute atomic E-state index is 12.4. The third-order valence-corrected chi connectivity index (χ3v) is 3.54. The number of imidazole rings is 1. The first-order valence-electron chi connectivity index (χ1n) is 7.59. The molecule has 1 aromatic carbocycles. The lowest BCUT2D eigenvalue weighted by atomic mass is 10.1. The number of esters is 1. The number of aromatic nitrogens is 2. The van der Waals surface area contributed by atoms with E-state index in [-0.39, 0.29) is 11.7 Å². The number of nitrogens with zero attached hydrogens (tertiary/aromatic N) is 2. The van der Waals surface area contributed by atoms with E-state index in [0.717, 1.165) is 5.56 Å². The van der Waals surface area contributed by atoms with Crippen LogP contribution in [-0.2, 0) is 14.2 Å². The van der Waals surface area contributed by atoms with Crippen LogP contribution in [0.5, 0.6) is 0 Å². The van der Waals surface area contributed by atoms with E-state index in [1.54, 1.807) is 17.8 Å². The number of benzene rings is 1. The van der Waals surface area contributed by atoms with Crippen LogP contribution in [0.1, 0.15) is 42.4 Å². The van der Waals surface area contributed by atoms with E-state index in [1.165, 1.54) is 13.3 Å². The van der Waals surface area contributed by atoms with Crippen LogP contribution in [0.2, 0.25) is 0 Å². The Morgan fingerprint density at radius 1 is 1.21 bits per heavy atom. The van der Waals surface area contributed by atoms with Crippen molar-refractivity contribution in [2.24, 2.45) is 0 Å². The molecule has 24 heavy (non-hydrogen) atoms. The van der Waals surface area contributed by atoms with Gasteiger partial charge < -0.3 is 18.8 Å². The Morgan fingerprint density at radius 3 is 2.54 bits per heavy atom. The summed E-state index contributed by atoms with van der Waals surface area (Å²) in [6.07, 6.45) is 1.38. The van der Waals surface area contributed by atoms with Crippen molar-refractivity contribution >= 4 is 12.1 Å². The molecule has 0 radical (unpaired) electrons. The molecule has 1 heterocycles. The second kappa shape index (κ2) is 8.14. The van der Waals surface area contributed by atoms with E-state index in [2.05, 4.69) is 9.72 Å². The molecule has 2 atom stereocenters.